The monoisotopic (exact) mass is 452 g/mol. The third kappa shape index (κ3) is 4.83. The molecule has 3 atom stereocenters. The van der Waals surface area contributed by atoms with Crippen molar-refractivity contribution in [1.29, 1.82) is 0 Å². The summed E-state index contributed by atoms with van der Waals surface area (Å²) in [4.78, 5) is 41.8. The zero-order valence-electron chi connectivity index (χ0n) is 18.2. The standard InChI is InChI=1S/C25H28N2O4S/c1-31-22(29)14-8-13-21(28)24-23-20(17-32-24)26(15-18-9-4-2-5-10-18)25(30)27(23)16-19-11-6-3-7-12-19/h2-7,9-12,20,23-24H,8,13-17H2,1H3/t20-,23-,24+/m0/s1. The van der Waals surface area contributed by atoms with Gasteiger partial charge in [0.25, 0.3) is 0 Å². The second kappa shape index (κ2) is 10.2. The van der Waals surface area contributed by atoms with Gasteiger partial charge in [-0.3, -0.25) is 9.59 Å². The van der Waals surface area contributed by atoms with Crippen molar-refractivity contribution < 1.29 is 19.1 Å². The third-order valence-electron chi connectivity index (χ3n) is 6.14. The van der Waals surface area contributed by atoms with Gasteiger partial charge in [0.1, 0.15) is 5.78 Å². The number of thioether (sulfide) groups is 1. The van der Waals surface area contributed by atoms with Gasteiger partial charge in [0, 0.05) is 31.7 Å². The normalized spacial score (nSPS) is 22.2. The fourth-order valence-corrected chi connectivity index (χ4v) is 6.14. The number of benzene rings is 2. The number of hydrogen-bond donors (Lipinski definition) is 0. The largest absolute Gasteiger partial charge is 0.469 e. The molecule has 0 saturated carbocycles. The topological polar surface area (TPSA) is 66.9 Å². The molecule has 0 N–H and O–H groups in total. The fourth-order valence-electron chi connectivity index (χ4n) is 4.53. The first-order valence-electron chi connectivity index (χ1n) is 10.9. The Morgan fingerprint density at radius 2 is 1.53 bits per heavy atom. The Labute approximate surface area is 192 Å². The number of amides is 2. The minimum atomic E-state index is -0.300. The highest BCUT2D eigenvalue weighted by Crippen LogP contribution is 2.41. The van der Waals surface area contributed by atoms with Crippen molar-refractivity contribution in [2.45, 2.75) is 49.7 Å². The number of nitrogens with zero attached hydrogens (tertiary/aromatic N) is 2. The van der Waals surface area contributed by atoms with Crippen LogP contribution >= 0.6 is 11.8 Å². The highest BCUT2D eigenvalue weighted by molar-refractivity contribution is 8.01. The van der Waals surface area contributed by atoms with Crippen molar-refractivity contribution in [3.8, 4) is 0 Å². The summed E-state index contributed by atoms with van der Waals surface area (Å²) >= 11 is 1.64. The van der Waals surface area contributed by atoms with E-state index >= 15 is 0 Å². The Morgan fingerprint density at radius 3 is 2.12 bits per heavy atom. The zero-order valence-corrected chi connectivity index (χ0v) is 19.0. The first-order valence-corrected chi connectivity index (χ1v) is 12.0. The molecular weight excluding hydrogens is 424 g/mol. The van der Waals surface area contributed by atoms with Gasteiger partial charge in [-0.1, -0.05) is 60.7 Å². The maximum atomic E-state index is 13.5. The van der Waals surface area contributed by atoms with Gasteiger partial charge in [-0.05, 0) is 17.5 Å². The fraction of sp³-hybridized carbons (Fsp3) is 0.400. The van der Waals surface area contributed by atoms with Crippen LogP contribution in [0.25, 0.3) is 0 Å². The number of ketones is 1. The van der Waals surface area contributed by atoms with Gasteiger partial charge in [-0.15, -0.1) is 11.8 Å². The summed E-state index contributed by atoms with van der Waals surface area (Å²) in [5, 5.41) is -0.272. The van der Waals surface area contributed by atoms with E-state index in [4.69, 9.17) is 0 Å². The number of Topliss-reactive ketones (excluding diaryl/α,β-unsaturated/α-hetero) is 1. The molecule has 2 saturated heterocycles. The van der Waals surface area contributed by atoms with Crippen LogP contribution in [0.5, 0.6) is 0 Å². The van der Waals surface area contributed by atoms with E-state index in [0.717, 1.165) is 16.9 Å². The molecule has 2 heterocycles. The molecule has 0 spiro atoms. The van der Waals surface area contributed by atoms with E-state index in [0.29, 0.717) is 25.9 Å². The van der Waals surface area contributed by atoms with Crippen molar-refractivity contribution in [2.75, 3.05) is 12.9 Å². The van der Waals surface area contributed by atoms with Gasteiger partial charge < -0.3 is 14.5 Å². The lowest BCUT2D eigenvalue weighted by Crippen LogP contribution is -2.43. The van der Waals surface area contributed by atoms with Crippen LogP contribution in [-0.4, -0.2) is 57.8 Å². The molecule has 0 bridgehead atoms. The van der Waals surface area contributed by atoms with Crippen LogP contribution in [0.4, 0.5) is 4.79 Å². The van der Waals surface area contributed by atoms with Gasteiger partial charge in [0.15, 0.2) is 0 Å². The highest BCUT2D eigenvalue weighted by Gasteiger charge is 2.54. The summed E-state index contributed by atoms with van der Waals surface area (Å²) in [6, 6.07) is 19.7. The molecule has 168 valence electrons. The lowest BCUT2D eigenvalue weighted by Gasteiger charge is -2.26. The Kier molecular flexibility index (Phi) is 7.15. The number of fused-ring (bicyclic) bond motifs is 1. The molecule has 0 radical (unpaired) electrons. The molecule has 2 amide bonds. The average molecular weight is 453 g/mol. The SMILES string of the molecule is COC(=O)CCCC(=O)[C@H]1SC[C@H]2[C@@H]1N(Cc1ccccc1)C(=O)N2Cc1ccccc1. The molecular formula is C25H28N2O4S. The summed E-state index contributed by atoms with van der Waals surface area (Å²) in [7, 11) is 1.36. The number of carbonyl (C=O) groups excluding carboxylic acids is 3. The number of carbonyl (C=O) groups is 3. The first kappa shape index (κ1) is 22.4. The summed E-state index contributed by atoms with van der Waals surface area (Å²) in [6.07, 6.45) is 1.03. The van der Waals surface area contributed by atoms with E-state index < -0.39 is 0 Å². The van der Waals surface area contributed by atoms with Crippen LogP contribution in [0.2, 0.25) is 0 Å². The van der Waals surface area contributed by atoms with Crippen molar-refractivity contribution in [2.24, 2.45) is 0 Å². The Balaban J connectivity index is 1.53. The first-order chi connectivity index (χ1) is 15.6. The van der Waals surface area contributed by atoms with E-state index in [1.807, 2.05) is 70.5 Å². The van der Waals surface area contributed by atoms with Crippen LogP contribution in [0.1, 0.15) is 30.4 Å². The lowest BCUT2D eigenvalue weighted by molar-refractivity contribution is -0.140. The van der Waals surface area contributed by atoms with Crippen LogP contribution < -0.4 is 0 Å². The van der Waals surface area contributed by atoms with E-state index in [1.54, 1.807) is 11.8 Å². The quantitative estimate of drug-likeness (QED) is 0.427. The third-order valence-corrected chi connectivity index (χ3v) is 7.58. The molecule has 0 unspecified atom stereocenters. The summed E-state index contributed by atoms with van der Waals surface area (Å²) in [5.41, 5.74) is 2.13. The maximum Gasteiger partial charge on any atom is 0.321 e. The molecule has 32 heavy (non-hydrogen) atoms. The molecule has 2 aliphatic rings. The Hall–Kier alpha value is -2.80. The van der Waals surface area contributed by atoms with Crippen LogP contribution in [0.15, 0.2) is 60.7 Å². The average Bonchev–Trinajstić information content (AvgIpc) is 3.35. The second-order valence-corrected chi connectivity index (χ2v) is 9.39. The number of methoxy groups -OCH3 is 1. The highest BCUT2D eigenvalue weighted by atomic mass is 32.2. The minimum absolute atomic E-state index is 0.00836. The van der Waals surface area contributed by atoms with E-state index in [1.165, 1.54) is 7.11 Å². The van der Waals surface area contributed by atoms with Crippen molar-refractivity contribution in [3.05, 3.63) is 71.8 Å². The molecule has 2 aliphatic heterocycles. The number of ether oxygens (including phenoxy) is 1. The van der Waals surface area contributed by atoms with Gasteiger partial charge >= 0.3 is 12.0 Å². The molecule has 0 aliphatic carbocycles. The predicted molar refractivity (Wildman–Crippen MR) is 124 cm³/mol. The zero-order chi connectivity index (χ0) is 22.5. The smallest absolute Gasteiger partial charge is 0.321 e. The molecule has 7 heteroatoms. The Morgan fingerprint density at radius 1 is 0.938 bits per heavy atom. The van der Waals surface area contributed by atoms with Gasteiger partial charge in [-0.25, -0.2) is 4.79 Å². The maximum absolute atomic E-state index is 13.5. The number of esters is 1. The molecule has 0 aromatic heterocycles. The summed E-state index contributed by atoms with van der Waals surface area (Å²) in [5.74, 6) is 0.548. The van der Waals surface area contributed by atoms with Crippen molar-refractivity contribution in [1.82, 2.24) is 9.80 Å². The van der Waals surface area contributed by atoms with Crippen LogP contribution in [-0.2, 0) is 27.4 Å². The van der Waals surface area contributed by atoms with Gasteiger partial charge in [-0.2, -0.15) is 0 Å². The lowest BCUT2D eigenvalue weighted by atomic mass is 9.99. The molecule has 4 rings (SSSR count). The molecule has 6 nitrogen and oxygen atoms in total. The van der Waals surface area contributed by atoms with Gasteiger partial charge in [0.05, 0.1) is 24.4 Å². The van der Waals surface area contributed by atoms with Gasteiger partial charge in [0.2, 0.25) is 0 Å². The number of hydrogen-bond acceptors (Lipinski definition) is 5. The molecule has 2 aromatic carbocycles. The van der Waals surface area contributed by atoms with E-state index in [2.05, 4.69) is 4.74 Å². The van der Waals surface area contributed by atoms with Crippen molar-refractivity contribution in [3.63, 3.8) is 0 Å². The van der Waals surface area contributed by atoms with E-state index in [-0.39, 0.29) is 41.5 Å². The predicted octanol–water partition coefficient (Wildman–Crippen LogP) is 3.89. The number of rotatable bonds is 9. The second-order valence-electron chi connectivity index (χ2n) is 8.22. The van der Waals surface area contributed by atoms with Crippen molar-refractivity contribution >= 4 is 29.5 Å². The van der Waals surface area contributed by atoms with Crippen LogP contribution in [0.3, 0.4) is 0 Å². The van der Waals surface area contributed by atoms with E-state index in [9.17, 15) is 14.4 Å². The number of urea groups is 1. The minimum Gasteiger partial charge on any atom is -0.469 e. The summed E-state index contributed by atoms with van der Waals surface area (Å²) in [6.45, 7) is 1.02. The van der Waals surface area contributed by atoms with Crippen LogP contribution in [0, 0.1) is 0 Å². The summed E-state index contributed by atoms with van der Waals surface area (Å²) < 4.78 is 4.68. The molecule has 2 fully saturated rings. The molecule has 2 aromatic rings. The Bertz CT molecular complexity index is 953.